The Balaban J connectivity index is 2.10. The van der Waals surface area contributed by atoms with Gasteiger partial charge in [0.15, 0.2) is 5.82 Å². The molecule has 18 heavy (non-hydrogen) atoms. The second-order valence-electron chi connectivity index (χ2n) is 3.50. The van der Waals surface area contributed by atoms with Crippen molar-refractivity contribution in [1.29, 1.82) is 0 Å². The molecule has 6 nitrogen and oxygen atoms in total. The molecule has 0 fully saturated rings. The molecule has 2 heterocycles. The first-order valence-corrected chi connectivity index (χ1v) is 5.15. The number of allylic oxidation sites excluding steroid dienone is 2. The van der Waals surface area contributed by atoms with Crippen molar-refractivity contribution >= 4 is 5.91 Å². The van der Waals surface area contributed by atoms with Gasteiger partial charge in [-0.2, -0.15) is 4.39 Å². The number of dihydropyridines is 1. The lowest BCUT2D eigenvalue weighted by molar-refractivity contribution is -0.151. The van der Waals surface area contributed by atoms with E-state index in [1.807, 2.05) is 0 Å². The summed E-state index contributed by atoms with van der Waals surface area (Å²) in [6, 6.07) is 1.63. The number of nitrogens with two attached hydrogens (primary N) is 1. The molecule has 1 unspecified atom stereocenters. The molecule has 3 N–H and O–H groups in total. The molecule has 1 aliphatic rings. The minimum absolute atomic E-state index is 0.192. The molecule has 0 spiro atoms. The first-order chi connectivity index (χ1) is 8.62. The lowest BCUT2D eigenvalue weighted by Gasteiger charge is -2.28. The van der Waals surface area contributed by atoms with E-state index in [2.05, 4.69) is 15.3 Å². The second kappa shape index (κ2) is 4.92. The maximum absolute atomic E-state index is 14.4. The summed E-state index contributed by atoms with van der Waals surface area (Å²) in [5, 5.41) is 2.30. The molecule has 1 aromatic rings. The van der Waals surface area contributed by atoms with Gasteiger partial charge in [-0.25, -0.2) is 9.97 Å². The molecule has 1 aliphatic heterocycles. The average Bonchev–Trinajstić information content (AvgIpc) is 2.38. The van der Waals surface area contributed by atoms with Crippen LogP contribution in [0, 0.1) is 0 Å². The van der Waals surface area contributed by atoms with Crippen LogP contribution in [0.5, 0.6) is 0 Å². The van der Waals surface area contributed by atoms with Crippen LogP contribution in [0.1, 0.15) is 5.82 Å². The molecule has 7 heteroatoms. The average molecular weight is 250 g/mol. The van der Waals surface area contributed by atoms with E-state index in [0.717, 1.165) is 0 Å². The Morgan fingerprint density at radius 1 is 1.50 bits per heavy atom. The molecule has 1 amide bonds. The number of ether oxygens (including phenoxy) is 1. The van der Waals surface area contributed by atoms with Crippen LogP contribution in [0.4, 0.5) is 4.39 Å². The van der Waals surface area contributed by atoms with Crippen LogP contribution in [0.3, 0.4) is 0 Å². The van der Waals surface area contributed by atoms with E-state index in [1.165, 1.54) is 30.7 Å². The Labute approximate surface area is 102 Å². The van der Waals surface area contributed by atoms with Crippen LogP contribution in [0.25, 0.3) is 0 Å². The van der Waals surface area contributed by atoms with E-state index in [-0.39, 0.29) is 12.2 Å². The zero-order valence-corrected chi connectivity index (χ0v) is 9.34. The molecule has 0 saturated heterocycles. The lowest BCUT2D eigenvalue weighted by Crippen LogP contribution is -2.47. The Hall–Kier alpha value is -2.28. The molecule has 0 saturated carbocycles. The molecule has 0 aromatic carbocycles. The highest BCUT2D eigenvalue weighted by Gasteiger charge is 2.39. The maximum atomic E-state index is 14.4. The van der Waals surface area contributed by atoms with E-state index in [9.17, 15) is 9.18 Å². The minimum atomic E-state index is -2.46. The topological polar surface area (TPSA) is 90.1 Å². The van der Waals surface area contributed by atoms with Crippen molar-refractivity contribution in [2.45, 2.75) is 12.6 Å². The number of amides is 1. The molecule has 1 atom stereocenters. The normalized spacial score (nSPS) is 22.2. The van der Waals surface area contributed by atoms with E-state index in [4.69, 9.17) is 10.5 Å². The third kappa shape index (κ3) is 2.51. The highest BCUT2D eigenvalue weighted by molar-refractivity contribution is 5.94. The minimum Gasteiger partial charge on any atom is -0.366 e. The zero-order valence-electron chi connectivity index (χ0n) is 9.34. The highest BCUT2D eigenvalue weighted by atomic mass is 19.2. The maximum Gasteiger partial charge on any atom is 0.320 e. The molecule has 1 aromatic heterocycles. The van der Waals surface area contributed by atoms with Crippen LogP contribution >= 0.6 is 0 Å². The quantitative estimate of drug-likeness (QED) is 0.742. The summed E-state index contributed by atoms with van der Waals surface area (Å²) < 4.78 is 19.4. The summed E-state index contributed by atoms with van der Waals surface area (Å²) in [5.41, 5.74) is 4.77. The van der Waals surface area contributed by atoms with Crippen molar-refractivity contribution in [2.24, 2.45) is 5.73 Å². The SMILES string of the molecule is NC(=O)C1=CC=CNC1(F)OCc1ncccn1. The van der Waals surface area contributed by atoms with E-state index >= 15 is 0 Å². The van der Waals surface area contributed by atoms with Gasteiger partial charge in [0, 0.05) is 18.6 Å². The van der Waals surface area contributed by atoms with Gasteiger partial charge in [0.2, 0.25) is 0 Å². The Kier molecular flexibility index (Phi) is 3.33. The van der Waals surface area contributed by atoms with Crippen molar-refractivity contribution < 1.29 is 13.9 Å². The van der Waals surface area contributed by atoms with Crippen LogP contribution in [-0.4, -0.2) is 21.9 Å². The number of carbonyl (C=O) groups is 1. The monoisotopic (exact) mass is 250 g/mol. The second-order valence-corrected chi connectivity index (χ2v) is 3.50. The standard InChI is InChI=1S/C11H11FN4O2/c12-11(8(10(13)17)3-1-6-16-11)18-7-9-14-4-2-5-15-9/h1-6,16H,7H2,(H2,13,17). The van der Waals surface area contributed by atoms with Gasteiger partial charge in [-0.15, -0.1) is 0 Å². The van der Waals surface area contributed by atoms with Crippen LogP contribution in [0.15, 0.2) is 42.4 Å². The molecular weight excluding hydrogens is 239 g/mol. The van der Waals surface area contributed by atoms with E-state index in [1.54, 1.807) is 6.07 Å². The number of nitrogens with zero attached hydrogens (tertiary/aromatic N) is 2. The summed E-state index contributed by atoms with van der Waals surface area (Å²) in [4.78, 5) is 18.9. The van der Waals surface area contributed by atoms with Gasteiger partial charge < -0.3 is 15.8 Å². The molecule has 94 valence electrons. The molecule has 2 rings (SSSR count). The first kappa shape index (κ1) is 12.2. The fourth-order valence-corrected chi connectivity index (χ4v) is 1.41. The predicted molar refractivity (Wildman–Crippen MR) is 60.2 cm³/mol. The fraction of sp³-hybridized carbons (Fsp3) is 0.182. The van der Waals surface area contributed by atoms with Gasteiger partial charge in [0.05, 0.1) is 0 Å². The van der Waals surface area contributed by atoms with Crippen molar-refractivity contribution in [3.05, 3.63) is 48.2 Å². The summed E-state index contributed by atoms with van der Waals surface area (Å²) in [6.45, 7) is -0.192. The third-order valence-corrected chi connectivity index (χ3v) is 2.26. The third-order valence-electron chi connectivity index (χ3n) is 2.26. The number of aromatic nitrogens is 2. The zero-order chi connectivity index (χ0) is 13.0. The summed E-state index contributed by atoms with van der Waals surface area (Å²) in [6.07, 6.45) is 7.05. The predicted octanol–water partition coefficient (Wildman–Crippen LogP) is 0.145. The first-order valence-electron chi connectivity index (χ1n) is 5.15. The van der Waals surface area contributed by atoms with Gasteiger partial charge >= 0.3 is 5.98 Å². The Bertz CT molecular complexity index is 503. The number of nitrogens with one attached hydrogen (secondary N) is 1. The molecule has 0 aliphatic carbocycles. The van der Waals surface area contributed by atoms with Gasteiger partial charge in [-0.05, 0) is 18.2 Å². The summed E-state index contributed by atoms with van der Waals surface area (Å²) >= 11 is 0. The van der Waals surface area contributed by atoms with Gasteiger partial charge in [0.25, 0.3) is 5.91 Å². The fourth-order valence-electron chi connectivity index (χ4n) is 1.41. The van der Waals surface area contributed by atoms with Gasteiger partial charge in [-0.3, -0.25) is 4.79 Å². The highest BCUT2D eigenvalue weighted by Crippen LogP contribution is 2.24. The largest absolute Gasteiger partial charge is 0.366 e. The van der Waals surface area contributed by atoms with Crippen LogP contribution in [0.2, 0.25) is 0 Å². The number of primary amides is 1. The van der Waals surface area contributed by atoms with Gasteiger partial charge in [-0.1, -0.05) is 0 Å². The van der Waals surface area contributed by atoms with Gasteiger partial charge in [0.1, 0.15) is 12.2 Å². The van der Waals surface area contributed by atoms with Crippen molar-refractivity contribution in [1.82, 2.24) is 15.3 Å². The summed E-state index contributed by atoms with van der Waals surface area (Å²) in [7, 11) is 0. The summed E-state index contributed by atoms with van der Waals surface area (Å²) in [5.74, 6) is -3.06. The van der Waals surface area contributed by atoms with Crippen LogP contribution < -0.4 is 11.1 Å². The van der Waals surface area contributed by atoms with E-state index < -0.39 is 11.9 Å². The van der Waals surface area contributed by atoms with Crippen molar-refractivity contribution in [3.63, 3.8) is 0 Å². The molecular formula is C11H11FN4O2. The van der Waals surface area contributed by atoms with Crippen LogP contribution in [-0.2, 0) is 16.1 Å². The van der Waals surface area contributed by atoms with E-state index in [0.29, 0.717) is 5.82 Å². The Morgan fingerprint density at radius 2 is 2.22 bits per heavy atom. The number of carbonyl (C=O) groups excluding carboxylic acids is 1. The van der Waals surface area contributed by atoms with Crippen molar-refractivity contribution in [2.75, 3.05) is 0 Å². The lowest BCUT2D eigenvalue weighted by atomic mass is 10.1. The smallest absolute Gasteiger partial charge is 0.320 e. The number of alkyl halides is 1. The van der Waals surface area contributed by atoms with Crippen molar-refractivity contribution in [3.8, 4) is 0 Å². The number of hydrogen-bond acceptors (Lipinski definition) is 5. The number of hydrogen-bond donors (Lipinski definition) is 2. The number of rotatable bonds is 4. The number of halogens is 1. The molecule has 0 bridgehead atoms. The Morgan fingerprint density at radius 3 is 2.89 bits per heavy atom. The molecule has 0 radical (unpaired) electrons.